The fraction of sp³-hybridized carbons (Fsp3) is 0.286. The van der Waals surface area contributed by atoms with Crippen molar-refractivity contribution in [2.24, 2.45) is 0 Å². The molecule has 0 unspecified atom stereocenters. The lowest BCUT2D eigenvalue weighted by Crippen LogP contribution is -2.32. The third kappa shape index (κ3) is 3.86. The summed E-state index contributed by atoms with van der Waals surface area (Å²) in [5.41, 5.74) is 3.31. The highest BCUT2D eigenvalue weighted by atomic mass is 32.2. The molecule has 8 heteroatoms. The van der Waals surface area contributed by atoms with Gasteiger partial charge in [0.05, 0.1) is 4.90 Å². The van der Waals surface area contributed by atoms with E-state index in [9.17, 15) is 18.3 Å². The number of aromatic nitrogens is 1. The number of hydrogen-bond acceptors (Lipinski definition) is 3. The lowest BCUT2D eigenvalue weighted by molar-refractivity contribution is 0.147. The Morgan fingerprint density at radius 3 is 2.45 bits per heavy atom. The Morgan fingerprint density at radius 2 is 1.69 bits per heavy atom. The smallest absolute Gasteiger partial charge is 0.407 e. The lowest BCUT2D eigenvalue weighted by atomic mass is 10.1. The van der Waals surface area contributed by atoms with Gasteiger partial charge in [-0.05, 0) is 30.2 Å². The van der Waals surface area contributed by atoms with Crippen LogP contribution in [-0.4, -0.2) is 48.7 Å². The van der Waals surface area contributed by atoms with E-state index in [4.69, 9.17) is 0 Å². The van der Waals surface area contributed by atoms with E-state index in [1.54, 1.807) is 30.3 Å². The van der Waals surface area contributed by atoms with Crippen LogP contribution in [0.5, 0.6) is 0 Å². The van der Waals surface area contributed by atoms with E-state index in [1.165, 1.54) is 4.90 Å². The van der Waals surface area contributed by atoms with Gasteiger partial charge in [-0.15, -0.1) is 0 Å². The minimum Gasteiger partial charge on any atom is -0.465 e. The summed E-state index contributed by atoms with van der Waals surface area (Å²) in [7, 11) is -3.56. The summed E-state index contributed by atoms with van der Waals surface area (Å²) < 4.78 is 29.8. The molecular weight excluding hydrogens is 390 g/mol. The number of nitrogens with one attached hydrogen (secondary N) is 1. The molecular formula is C21H23N3O4S. The number of benzene rings is 2. The molecule has 0 atom stereocenters. The standard InChI is InChI=1S/C21H23N3O4S/c25-21(26)23-13-10-18-17-8-4-5-9-19(17)24(20(18)11-14-23)15-12-22-29(27,28)16-6-2-1-3-7-16/h1-9,22H,10-15H2,(H,25,26). The second-order valence-corrected chi connectivity index (χ2v) is 8.84. The van der Waals surface area contributed by atoms with Crippen LogP contribution in [0.15, 0.2) is 59.5 Å². The van der Waals surface area contributed by atoms with Gasteiger partial charge in [0.15, 0.2) is 0 Å². The predicted molar refractivity (Wildman–Crippen MR) is 111 cm³/mol. The molecule has 2 N–H and O–H groups in total. The molecule has 152 valence electrons. The van der Waals surface area contributed by atoms with Crippen LogP contribution < -0.4 is 4.72 Å². The second kappa shape index (κ2) is 7.88. The number of fused-ring (bicyclic) bond motifs is 3. The molecule has 1 aromatic heterocycles. The van der Waals surface area contributed by atoms with Crippen LogP contribution in [0.3, 0.4) is 0 Å². The lowest BCUT2D eigenvalue weighted by Gasteiger charge is -2.16. The highest BCUT2D eigenvalue weighted by molar-refractivity contribution is 7.89. The van der Waals surface area contributed by atoms with Gasteiger partial charge in [0.1, 0.15) is 0 Å². The van der Waals surface area contributed by atoms with Crippen molar-refractivity contribution in [1.82, 2.24) is 14.2 Å². The van der Waals surface area contributed by atoms with Crippen LogP contribution in [-0.2, 0) is 29.4 Å². The first kappa shape index (κ1) is 19.5. The maximum atomic E-state index is 12.5. The van der Waals surface area contributed by atoms with E-state index in [-0.39, 0.29) is 11.4 Å². The summed E-state index contributed by atoms with van der Waals surface area (Å²) in [4.78, 5) is 13.1. The molecule has 1 aliphatic heterocycles. The molecule has 1 amide bonds. The molecule has 7 nitrogen and oxygen atoms in total. The number of rotatable bonds is 5. The summed E-state index contributed by atoms with van der Waals surface area (Å²) in [6.07, 6.45) is 0.369. The fourth-order valence-electron chi connectivity index (χ4n) is 4.01. The molecule has 0 radical (unpaired) electrons. The molecule has 1 aliphatic rings. The van der Waals surface area contributed by atoms with Gasteiger partial charge in [-0.25, -0.2) is 17.9 Å². The molecule has 0 saturated carbocycles. The number of nitrogens with zero attached hydrogens (tertiary/aromatic N) is 2. The average molecular weight is 413 g/mol. The van der Waals surface area contributed by atoms with E-state index in [2.05, 4.69) is 15.4 Å². The Morgan fingerprint density at radius 1 is 1.00 bits per heavy atom. The third-order valence-corrected chi connectivity index (χ3v) is 6.87. The highest BCUT2D eigenvalue weighted by Gasteiger charge is 2.23. The maximum absolute atomic E-state index is 12.5. The molecule has 0 saturated heterocycles. The number of para-hydroxylation sites is 1. The van der Waals surface area contributed by atoms with E-state index < -0.39 is 16.1 Å². The monoisotopic (exact) mass is 413 g/mol. The maximum Gasteiger partial charge on any atom is 0.407 e. The Labute approximate surface area is 169 Å². The number of amides is 1. The number of hydrogen-bond donors (Lipinski definition) is 2. The fourth-order valence-corrected chi connectivity index (χ4v) is 5.06. The van der Waals surface area contributed by atoms with Crippen molar-refractivity contribution in [2.75, 3.05) is 19.6 Å². The normalized spacial score (nSPS) is 14.6. The molecule has 0 fully saturated rings. The largest absolute Gasteiger partial charge is 0.465 e. The summed E-state index contributed by atoms with van der Waals surface area (Å²) in [6.45, 7) is 1.64. The van der Waals surface area contributed by atoms with Gasteiger partial charge in [-0.2, -0.15) is 0 Å². The van der Waals surface area contributed by atoms with Gasteiger partial charge < -0.3 is 14.6 Å². The van der Waals surface area contributed by atoms with Crippen molar-refractivity contribution in [3.8, 4) is 0 Å². The van der Waals surface area contributed by atoms with Crippen molar-refractivity contribution in [1.29, 1.82) is 0 Å². The summed E-state index contributed by atoms with van der Waals surface area (Å²) in [5, 5.41) is 10.5. The minimum atomic E-state index is -3.56. The van der Waals surface area contributed by atoms with Gasteiger partial charge >= 0.3 is 6.09 Å². The minimum absolute atomic E-state index is 0.244. The Balaban J connectivity index is 1.59. The first-order valence-electron chi connectivity index (χ1n) is 9.59. The zero-order chi connectivity index (χ0) is 20.4. The van der Waals surface area contributed by atoms with Crippen molar-refractivity contribution >= 4 is 27.0 Å². The number of carboxylic acid groups (broad SMARTS) is 1. The van der Waals surface area contributed by atoms with Crippen LogP contribution in [0.1, 0.15) is 11.3 Å². The number of sulfonamides is 1. The third-order valence-electron chi connectivity index (χ3n) is 5.40. The van der Waals surface area contributed by atoms with Crippen LogP contribution >= 0.6 is 0 Å². The summed E-state index contributed by atoms with van der Waals surface area (Å²) in [5.74, 6) is 0. The second-order valence-electron chi connectivity index (χ2n) is 7.07. The van der Waals surface area contributed by atoms with Gasteiger partial charge in [0, 0.05) is 49.2 Å². The summed E-state index contributed by atoms with van der Waals surface area (Å²) >= 11 is 0. The van der Waals surface area contributed by atoms with Crippen LogP contribution in [0.2, 0.25) is 0 Å². The molecule has 3 aromatic rings. The Kier molecular flexibility index (Phi) is 5.29. The van der Waals surface area contributed by atoms with Crippen LogP contribution in [0, 0.1) is 0 Å². The van der Waals surface area contributed by atoms with Crippen molar-refractivity contribution in [3.63, 3.8) is 0 Å². The summed E-state index contributed by atoms with van der Waals surface area (Å²) in [6, 6.07) is 16.3. The predicted octanol–water partition coefficient (Wildman–Crippen LogP) is 2.70. The van der Waals surface area contributed by atoms with Crippen molar-refractivity contribution in [3.05, 3.63) is 65.9 Å². The van der Waals surface area contributed by atoms with Crippen molar-refractivity contribution < 1.29 is 18.3 Å². The topological polar surface area (TPSA) is 91.6 Å². The first-order chi connectivity index (χ1) is 14.0. The van der Waals surface area contributed by atoms with E-state index >= 15 is 0 Å². The molecule has 0 bridgehead atoms. The highest BCUT2D eigenvalue weighted by Crippen LogP contribution is 2.29. The number of carbonyl (C=O) groups is 1. The molecule has 4 rings (SSSR count). The van der Waals surface area contributed by atoms with Crippen LogP contribution in [0.4, 0.5) is 4.79 Å². The van der Waals surface area contributed by atoms with Crippen molar-refractivity contribution in [2.45, 2.75) is 24.3 Å². The zero-order valence-corrected chi connectivity index (χ0v) is 16.7. The quantitative estimate of drug-likeness (QED) is 0.673. The van der Waals surface area contributed by atoms with Gasteiger partial charge in [0.2, 0.25) is 10.0 Å². The van der Waals surface area contributed by atoms with E-state index in [1.807, 2.05) is 18.2 Å². The Bertz CT molecular complexity index is 1140. The molecule has 0 spiro atoms. The van der Waals surface area contributed by atoms with Crippen LogP contribution in [0.25, 0.3) is 10.9 Å². The Hall–Kier alpha value is -2.84. The zero-order valence-electron chi connectivity index (χ0n) is 15.9. The SMILES string of the molecule is O=C(O)N1CCc2c(n(CCNS(=O)(=O)c3ccccc3)c3ccccc23)CC1. The van der Waals surface area contributed by atoms with Gasteiger partial charge in [0.25, 0.3) is 0 Å². The van der Waals surface area contributed by atoms with Gasteiger partial charge in [-0.1, -0.05) is 36.4 Å². The molecule has 2 heterocycles. The molecule has 0 aliphatic carbocycles. The molecule has 2 aromatic carbocycles. The average Bonchev–Trinajstić information content (AvgIpc) is 2.87. The molecule has 29 heavy (non-hydrogen) atoms. The van der Waals surface area contributed by atoms with E-state index in [0.29, 0.717) is 32.5 Å². The van der Waals surface area contributed by atoms with E-state index in [0.717, 1.165) is 22.2 Å². The first-order valence-corrected chi connectivity index (χ1v) is 11.1. The van der Waals surface area contributed by atoms with Gasteiger partial charge in [-0.3, -0.25) is 0 Å².